The van der Waals surface area contributed by atoms with Gasteiger partial charge >= 0.3 is 0 Å². The molecule has 0 unspecified atom stereocenters. The van der Waals surface area contributed by atoms with E-state index in [-0.39, 0.29) is 5.56 Å². The molecule has 0 aliphatic heterocycles. The Hall–Kier alpha value is -1.75. The van der Waals surface area contributed by atoms with Crippen LogP contribution in [0.5, 0.6) is 0 Å². The van der Waals surface area contributed by atoms with Crippen LogP contribution in [0.3, 0.4) is 0 Å². The summed E-state index contributed by atoms with van der Waals surface area (Å²) >= 11 is 3.51. The molecule has 1 amide bonds. The molecular formula is C20H24BrFN2O. The highest BCUT2D eigenvalue weighted by Crippen LogP contribution is 2.29. The van der Waals surface area contributed by atoms with Crippen LogP contribution in [0.2, 0.25) is 0 Å². The van der Waals surface area contributed by atoms with E-state index in [1.165, 1.54) is 0 Å². The average molecular weight is 407 g/mol. The molecule has 0 aliphatic carbocycles. The van der Waals surface area contributed by atoms with Crippen LogP contribution in [0, 0.1) is 19.7 Å². The van der Waals surface area contributed by atoms with Crippen molar-refractivity contribution in [2.75, 3.05) is 5.32 Å². The summed E-state index contributed by atoms with van der Waals surface area (Å²) in [5, 5.41) is 2.94. The topological polar surface area (TPSA) is 42.0 Å². The summed E-state index contributed by atoms with van der Waals surface area (Å²) < 4.78 is 15.8. The molecule has 0 saturated heterocycles. The summed E-state index contributed by atoms with van der Waals surface area (Å²) in [6, 6.07) is 3.98. The third kappa shape index (κ3) is 3.92. The van der Waals surface area contributed by atoms with Crippen molar-refractivity contribution in [1.29, 1.82) is 0 Å². The third-order valence-corrected chi connectivity index (χ3v) is 4.92. The third-order valence-electron chi connectivity index (χ3n) is 4.47. The highest BCUT2D eigenvalue weighted by Gasteiger charge is 2.22. The van der Waals surface area contributed by atoms with E-state index in [9.17, 15) is 9.18 Å². The number of carbonyl (C=O) groups is 1. The van der Waals surface area contributed by atoms with Crippen molar-refractivity contribution >= 4 is 27.5 Å². The number of nitrogens with one attached hydrogen (secondary N) is 1. The first-order valence-corrected chi connectivity index (χ1v) is 9.41. The molecular weight excluding hydrogens is 383 g/mol. The zero-order valence-electron chi connectivity index (χ0n) is 15.4. The molecule has 0 bridgehead atoms. The van der Waals surface area contributed by atoms with Gasteiger partial charge in [-0.15, -0.1) is 0 Å². The number of benzene rings is 1. The van der Waals surface area contributed by atoms with E-state index in [0.29, 0.717) is 23.4 Å². The van der Waals surface area contributed by atoms with Crippen LogP contribution in [0.4, 0.5) is 10.1 Å². The van der Waals surface area contributed by atoms with Crippen molar-refractivity contribution in [1.82, 2.24) is 4.98 Å². The number of amides is 1. The number of halogens is 2. The number of carbonyl (C=O) groups excluding carboxylic acids is 1. The number of aromatic nitrogens is 1. The van der Waals surface area contributed by atoms with Gasteiger partial charge in [-0.1, -0.05) is 36.7 Å². The summed E-state index contributed by atoms with van der Waals surface area (Å²) in [5.41, 5.74) is 4.41. The van der Waals surface area contributed by atoms with Crippen molar-refractivity contribution in [3.63, 3.8) is 0 Å². The number of rotatable bonds is 5. The molecule has 2 aromatic rings. The lowest BCUT2D eigenvalue weighted by atomic mass is 10.0. The molecule has 0 spiro atoms. The minimum Gasteiger partial charge on any atom is -0.321 e. The van der Waals surface area contributed by atoms with Gasteiger partial charge in [-0.3, -0.25) is 9.78 Å². The highest BCUT2D eigenvalue weighted by atomic mass is 79.9. The molecule has 134 valence electrons. The van der Waals surface area contributed by atoms with Gasteiger partial charge in [0.25, 0.3) is 5.91 Å². The fourth-order valence-electron chi connectivity index (χ4n) is 3.14. The zero-order valence-corrected chi connectivity index (χ0v) is 17.0. The minimum absolute atomic E-state index is 0.0366. The molecule has 0 saturated carbocycles. The standard InChI is InChI=1S/C20H24BrFN2O/c1-6-13-9-15(21)10-14(7-2)19(13)24-20(25)17-12(5)23-11(4)16(8-3)18(17)22/h9-10H,6-8H2,1-5H3,(H,24,25). The quantitative estimate of drug-likeness (QED) is 0.707. The number of anilines is 1. The Kier molecular flexibility index (Phi) is 6.33. The maximum atomic E-state index is 14.9. The molecule has 0 aliphatic rings. The molecule has 2 rings (SSSR count). The van der Waals surface area contributed by atoms with E-state index < -0.39 is 11.7 Å². The molecule has 1 aromatic carbocycles. The van der Waals surface area contributed by atoms with Gasteiger partial charge in [-0.25, -0.2) is 4.39 Å². The largest absolute Gasteiger partial charge is 0.321 e. The van der Waals surface area contributed by atoms with Crippen LogP contribution in [0.25, 0.3) is 0 Å². The Morgan fingerprint density at radius 2 is 1.64 bits per heavy atom. The lowest BCUT2D eigenvalue weighted by Crippen LogP contribution is -2.20. The van der Waals surface area contributed by atoms with Crippen LogP contribution < -0.4 is 5.32 Å². The van der Waals surface area contributed by atoms with Crippen LogP contribution in [-0.2, 0) is 19.3 Å². The molecule has 0 radical (unpaired) electrons. The molecule has 3 nitrogen and oxygen atoms in total. The number of aryl methyl sites for hydroxylation is 4. The number of nitrogens with zero attached hydrogens (tertiary/aromatic N) is 1. The summed E-state index contributed by atoms with van der Waals surface area (Å²) in [7, 11) is 0. The summed E-state index contributed by atoms with van der Waals surface area (Å²) in [6.07, 6.45) is 2.05. The summed E-state index contributed by atoms with van der Waals surface area (Å²) in [4.78, 5) is 17.2. The van der Waals surface area contributed by atoms with E-state index in [1.807, 2.05) is 32.9 Å². The second-order valence-electron chi connectivity index (χ2n) is 6.06. The normalized spacial score (nSPS) is 10.8. The van der Waals surface area contributed by atoms with E-state index in [1.54, 1.807) is 13.8 Å². The van der Waals surface area contributed by atoms with Crippen LogP contribution in [-0.4, -0.2) is 10.9 Å². The Bertz CT molecular complexity index is 793. The predicted octanol–water partition coefficient (Wildman–Crippen LogP) is 5.54. The van der Waals surface area contributed by atoms with Gasteiger partial charge in [-0.05, 0) is 56.4 Å². The molecule has 1 aromatic heterocycles. The zero-order chi connectivity index (χ0) is 18.7. The second kappa shape index (κ2) is 8.09. The van der Waals surface area contributed by atoms with Crippen molar-refractivity contribution in [2.24, 2.45) is 0 Å². The first kappa shape index (κ1) is 19.6. The van der Waals surface area contributed by atoms with E-state index in [0.717, 1.165) is 34.1 Å². The summed E-state index contributed by atoms with van der Waals surface area (Å²) in [6.45, 7) is 9.38. The molecule has 25 heavy (non-hydrogen) atoms. The van der Waals surface area contributed by atoms with Crippen molar-refractivity contribution < 1.29 is 9.18 Å². The highest BCUT2D eigenvalue weighted by molar-refractivity contribution is 9.10. The van der Waals surface area contributed by atoms with Gasteiger partial charge in [-0.2, -0.15) is 0 Å². The van der Waals surface area contributed by atoms with Gasteiger partial charge in [0.1, 0.15) is 5.82 Å². The van der Waals surface area contributed by atoms with Crippen molar-refractivity contribution in [3.05, 3.63) is 56.1 Å². The van der Waals surface area contributed by atoms with Gasteiger partial charge in [0.15, 0.2) is 0 Å². The number of hydrogen-bond acceptors (Lipinski definition) is 2. The van der Waals surface area contributed by atoms with E-state index in [2.05, 4.69) is 26.2 Å². The van der Waals surface area contributed by atoms with Gasteiger partial charge < -0.3 is 5.32 Å². The maximum absolute atomic E-state index is 14.9. The van der Waals surface area contributed by atoms with Crippen LogP contribution in [0.1, 0.15) is 59.2 Å². The average Bonchev–Trinajstić information content (AvgIpc) is 2.55. The van der Waals surface area contributed by atoms with E-state index in [4.69, 9.17) is 0 Å². The number of pyridine rings is 1. The Balaban J connectivity index is 2.52. The van der Waals surface area contributed by atoms with E-state index >= 15 is 0 Å². The molecule has 1 heterocycles. The first-order valence-electron chi connectivity index (χ1n) is 8.62. The second-order valence-corrected chi connectivity index (χ2v) is 6.98. The van der Waals surface area contributed by atoms with Crippen molar-refractivity contribution in [2.45, 2.75) is 53.9 Å². The predicted molar refractivity (Wildman–Crippen MR) is 104 cm³/mol. The van der Waals surface area contributed by atoms with Gasteiger partial charge in [0.2, 0.25) is 0 Å². The lowest BCUT2D eigenvalue weighted by molar-refractivity contribution is 0.102. The first-order chi connectivity index (χ1) is 11.8. The van der Waals surface area contributed by atoms with Crippen molar-refractivity contribution in [3.8, 4) is 0 Å². The fourth-order valence-corrected chi connectivity index (χ4v) is 3.69. The monoisotopic (exact) mass is 406 g/mol. The summed E-state index contributed by atoms with van der Waals surface area (Å²) in [5.74, 6) is -0.901. The smallest absolute Gasteiger partial charge is 0.260 e. The van der Waals surface area contributed by atoms with Crippen LogP contribution in [0.15, 0.2) is 16.6 Å². The molecule has 5 heteroatoms. The minimum atomic E-state index is -0.460. The Labute approximate surface area is 157 Å². The maximum Gasteiger partial charge on any atom is 0.260 e. The SMILES string of the molecule is CCc1cc(Br)cc(CC)c1NC(=O)c1c(C)nc(C)c(CC)c1F. The lowest BCUT2D eigenvalue weighted by Gasteiger charge is -2.17. The van der Waals surface area contributed by atoms with Gasteiger partial charge in [0, 0.05) is 21.4 Å². The number of hydrogen-bond donors (Lipinski definition) is 1. The fraction of sp³-hybridized carbons (Fsp3) is 0.400. The molecule has 1 N–H and O–H groups in total. The Morgan fingerprint density at radius 3 is 2.12 bits per heavy atom. The molecule has 0 fully saturated rings. The van der Waals surface area contributed by atoms with Crippen LogP contribution >= 0.6 is 15.9 Å². The van der Waals surface area contributed by atoms with Gasteiger partial charge in [0.05, 0.1) is 11.3 Å². The Morgan fingerprint density at radius 1 is 1.08 bits per heavy atom. The molecule has 0 atom stereocenters.